The van der Waals surface area contributed by atoms with Crippen LogP contribution < -0.4 is 4.74 Å². The molecule has 0 saturated carbocycles. The van der Waals surface area contributed by atoms with Crippen LogP contribution in [0.25, 0.3) is 0 Å². The van der Waals surface area contributed by atoms with Crippen molar-refractivity contribution in [3.63, 3.8) is 0 Å². The van der Waals surface area contributed by atoms with E-state index in [0.29, 0.717) is 5.56 Å². The van der Waals surface area contributed by atoms with Gasteiger partial charge in [0.15, 0.2) is 12.4 Å². The van der Waals surface area contributed by atoms with Crippen molar-refractivity contribution in [2.45, 2.75) is 13.8 Å². The Hall–Kier alpha value is -2.04. The fourth-order valence-electron chi connectivity index (χ4n) is 1.93. The molecule has 0 amide bonds. The van der Waals surface area contributed by atoms with Crippen molar-refractivity contribution in [1.29, 1.82) is 0 Å². The average Bonchev–Trinajstić information content (AvgIpc) is 2.47. The highest BCUT2D eigenvalue weighted by Gasteiger charge is 2.11. The van der Waals surface area contributed by atoms with E-state index in [9.17, 15) is 4.79 Å². The van der Waals surface area contributed by atoms with E-state index in [4.69, 9.17) is 33.0 Å². The Morgan fingerprint density at radius 3 is 2.48 bits per heavy atom. The lowest BCUT2D eigenvalue weighted by atomic mass is 10.1. The van der Waals surface area contributed by atoms with E-state index in [1.165, 1.54) is 0 Å². The number of ether oxygens (including phenoxy) is 1. The summed E-state index contributed by atoms with van der Waals surface area (Å²) in [6, 6.07) is 9.26. The smallest absolute Gasteiger partial charge is 0.341 e. The van der Waals surface area contributed by atoms with Crippen LogP contribution in [-0.4, -0.2) is 23.9 Å². The van der Waals surface area contributed by atoms with Gasteiger partial charge in [-0.3, -0.25) is 4.99 Å². The van der Waals surface area contributed by atoms with E-state index in [1.54, 1.807) is 18.3 Å². The zero-order valence-corrected chi connectivity index (χ0v) is 14.1. The quantitative estimate of drug-likeness (QED) is 0.785. The lowest BCUT2D eigenvalue weighted by Crippen LogP contribution is -2.10. The van der Waals surface area contributed by atoms with Gasteiger partial charge in [-0.05, 0) is 48.7 Å². The molecule has 120 valence electrons. The van der Waals surface area contributed by atoms with E-state index in [1.807, 2.05) is 32.0 Å². The van der Waals surface area contributed by atoms with Gasteiger partial charge in [0, 0.05) is 6.21 Å². The number of aliphatic imine (C=N–C) groups is 1. The Balaban J connectivity index is 2.26. The molecule has 0 bridgehead atoms. The van der Waals surface area contributed by atoms with E-state index >= 15 is 0 Å². The molecule has 0 aromatic heterocycles. The summed E-state index contributed by atoms with van der Waals surface area (Å²) in [5, 5.41) is 9.11. The number of nitrogens with zero attached hydrogens (tertiary/aromatic N) is 1. The fourth-order valence-corrected chi connectivity index (χ4v) is 2.54. The van der Waals surface area contributed by atoms with Crippen molar-refractivity contribution >= 4 is 41.1 Å². The van der Waals surface area contributed by atoms with Crippen molar-refractivity contribution in [3.05, 3.63) is 57.1 Å². The van der Waals surface area contributed by atoms with Crippen LogP contribution in [0.1, 0.15) is 16.7 Å². The predicted molar refractivity (Wildman–Crippen MR) is 92.8 cm³/mol. The highest BCUT2D eigenvalue weighted by molar-refractivity contribution is 6.37. The van der Waals surface area contributed by atoms with Gasteiger partial charge < -0.3 is 9.84 Å². The standard InChI is InChI=1S/C17H15Cl2NO3/c1-10-3-4-11(2)15(5-10)20-8-12-6-13(18)17(14(19)7-12)23-9-16(21)22/h3-8H,9H2,1-2H3,(H,21,22). The number of carboxylic acid groups (broad SMARTS) is 1. The first kappa shape index (κ1) is 17.3. The monoisotopic (exact) mass is 351 g/mol. The number of aryl methyl sites for hydroxylation is 2. The zero-order valence-electron chi connectivity index (χ0n) is 12.6. The molecular formula is C17H15Cl2NO3. The van der Waals surface area contributed by atoms with Gasteiger partial charge in [0.1, 0.15) is 0 Å². The van der Waals surface area contributed by atoms with Gasteiger partial charge in [0.05, 0.1) is 15.7 Å². The van der Waals surface area contributed by atoms with Gasteiger partial charge in [-0.1, -0.05) is 35.3 Å². The largest absolute Gasteiger partial charge is 0.479 e. The van der Waals surface area contributed by atoms with Crippen LogP contribution in [0.3, 0.4) is 0 Å². The van der Waals surface area contributed by atoms with Crippen LogP contribution in [0.5, 0.6) is 5.75 Å². The number of aliphatic carboxylic acids is 1. The van der Waals surface area contributed by atoms with E-state index in [-0.39, 0.29) is 15.8 Å². The van der Waals surface area contributed by atoms with E-state index in [0.717, 1.165) is 16.8 Å². The Morgan fingerprint density at radius 1 is 1.22 bits per heavy atom. The zero-order chi connectivity index (χ0) is 17.0. The molecule has 0 atom stereocenters. The summed E-state index contributed by atoms with van der Waals surface area (Å²) in [5.41, 5.74) is 3.74. The summed E-state index contributed by atoms with van der Waals surface area (Å²) in [5.74, 6) is -0.947. The highest BCUT2D eigenvalue weighted by atomic mass is 35.5. The summed E-state index contributed by atoms with van der Waals surface area (Å²) in [7, 11) is 0. The SMILES string of the molecule is Cc1ccc(C)c(N=Cc2cc(Cl)c(OCC(=O)O)c(Cl)c2)c1. The summed E-state index contributed by atoms with van der Waals surface area (Å²) >= 11 is 12.2. The minimum Gasteiger partial charge on any atom is -0.479 e. The number of halogens is 2. The lowest BCUT2D eigenvalue weighted by molar-refractivity contribution is -0.139. The Morgan fingerprint density at radius 2 is 1.87 bits per heavy atom. The number of carbonyl (C=O) groups is 1. The molecule has 0 aliphatic heterocycles. The Bertz CT molecular complexity index is 749. The second-order valence-corrected chi connectivity index (χ2v) is 5.86. The molecule has 0 heterocycles. The Kier molecular flexibility index (Phi) is 5.64. The predicted octanol–water partition coefficient (Wildman–Crippen LogP) is 4.82. The topological polar surface area (TPSA) is 58.9 Å². The van der Waals surface area contributed by atoms with Crippen molar-refractivity contribution in [3.8, 4) is 5.75 Å². The Labute approximate surface area is 144 Å². The van der Waals surface area contributed by atoms with Crippen LogP contribution in [0.4, 0.5) is 5.69 Å². The van der Waals surface area contributed by atoms with E-state index < -0.39 is 12.6 Å². The molecule has 2 rings (SSSR count). The maximum absolute atomic E-state index is 10.5. The fraction of sp³-hybridized carbons (Fsp3) is 0.176. The third kappa shape index (κ3) is 4.71. The van der Waals surface area contributed by atoms with Gasteiger partial charge in [0.2, 0.25) is 0 Å². The first-order valence-electron chi connectivity index (χ1n) is 6.82. The normalized spacial score (nSPS) is 11.0. The first-order chi connectivity index (χ1) is 10.9. The van der Waals surface area contributed by atoms with Gasteiger partial charge in [0.25, 0.3) is 0 Å². The molecule has 0 unspecified atom stereocenters. The summed E-state index contributed by atoms with van der Waals surface area (Å²) in [6.45, 7) is 3.48. The molecule has 6 heteroatoms. The molecule has 0 aliphatic rings. The van der Waals surface area contributed by atoms with Crippen molar-refractivity contribution in [2.24, 2.45) is 4.99 Å². The maximum Gasteiger partial charge on any atom is 0.341 e. The molecule has 1 N–H and O–H groups in total. The summed E-state index contributed by atoms with van der Waals surface area (Å²) in [6.07, 6.45) is 1.65. The molecule has 2 aromatic rings. The third-order valence-corrected chi connectivity index (χ3v) is 3.64. The first-order valence-corrected chi connectivity index (χ1v) is 7.57. The lowest BCUT2D eigenvalue weighted by Gasteiger charge is -2.09. The number of hydrogen-bond acceptors (Lipinski definition) is 3. The molecule has 4 nitrogen and oxygen atoms in total. The van der Waals surface area contributed by atoms with Gasteiger partial charge in [-0.15, -0.1) is 0 Å². The molecule has 23 heavy (non-hydrogen) atoms. The van der Waals surface area contributed by atoms with Crippen molar-refractivity contribution in [2.75, 3.05) is 6.61 Å². The molecular weight excluding hydrogens is 337 g/mol. The van der Waals surface area contributed by atoms with Crippen LogP contribution in [0.15, 0.2) is 35.3 Å². The van der Waals surface area contributed by atoms with Crippen LogP contribution in [0.2, 0.25) is 10.0 Å². The second-order valence-electron chi connectivity index (χ2n) is 5.04. The summed E-state index contributed by atoms with van der Waals surface area (Å²) in [4.78, 5) is 15.0. The van der Waals surface area contributed by atoms with Gasteiger partial charge in [-0.2, -0.15) is 0 Å². The van der Waals surface area contributed by atoms with Gasteiger partial charge >= 0.3 is 5.97 Å². The van der Waals surface area contributed by atoms with Crippen molar-refractivity contribution in [1.82, 2.24) is 0 Å². The number of carboxylic acids is 1. The molecule has 0 saturated heterocycles. The van der Waals surface area contributed by atoms with Crippen LogP contribution in [0, 0.1) is 13.8 Å². The van der Waals surface area contributed by atoms with Crippen LogP contribution in [-0.2, 0) is 4.79 Å². The average molecular weight is 352 g/mol. The number of benzene rings is 2. The molecule has 0 fully saturated rings. The van der Waals surface area contributed by atoms with Gasteiger partial charge in [-0.25, -0.2) is 4.79 Å². The second kappa shape index (κ2) is 7.49. The highest BCUT2D eigenvalue weighted by Crippen LogP contribution is 2.34. The number of rotatable bonds is 5. The van der Waals surface area contributed by atoms with Crippen LogP contribution >= 0.6 is 23.2 Å². The third-order valence-electron chi connectivity index (χ3n) is 3.08. The molecule has 0 spiro atoms. The minimum atomic E-state index is -1.10. The van der Waals surface area contributed by atoms with Crippen molar-refractivity contribution < 1.29 is 14.6 Å². The number of hydrogen-bond donors (Lipinski definition) is 1. The minimum absolute atomic E-state index is 0.152. The summed E-state index contributed by atoms with van der Waals surface area (Å²) < 4.78 is 5.07. The molecule has 0 radical (unpaired) electrons. The van der Waals surface area contributed by atoms with E-state index in [2.05, 4.69) is 4.99 Å². The maximum atomic E-state index is 10.5. The molecule has 2 aromatic carbocycles. The molecule has 0 aliphatic carbocycles.